The molecule has 2 heterocycles. The van der Waals surface area contributed by atoms with Crippen molar-refractivity contribution in [2.75, 3.05) is 31.1 Å². The standard InChI is InChI=1S/C9H15N3S/c1-8-7-13-9(11-8)12-5-2-3-10-4-6-12/h7,10H,2-6H2,1H3. The van der Waals surface area contributed by atoms with Crippen molar-refractivity contribution in [2.24, 2.45) is 0 Å². The predicted molar refractivity (Wildman–Crippen MR) is 56.6 cm³/mol. The number of nitrogens with zero attached hydrogens (tertiary/aromatic N) is 2. The third kappa shape index (κ3) is 2.19. The normalized spacial score (nSPS) is 18.7. The van der Waals surface area contributed by atoms with Crippen LogP contribution in [0.4, 0.5) is 5.13 Å². The Bertz CT molecular complexity index is 264. The van der Waals surface area contributed by atoms with Crippen LogP contribution in [0.2, 0.25) is 0 Å². The lowest BCUT2D eigenvalue weighted by Gasteiger charge is -2.18. The topological polar surface area (TPSA) is 28.2 Å². The van der Waals surface area contributed by atoms with Gasteiger partial charge >= 0.3 is 0 Å². The summed E-state index contributed by atoms with van der Waals surface area (Å²) in [5.41, 5.74) is 1.14. The average molecular weight is 197 g/mol. The van der Waals surface area contributed by atoms with Crippen LogP contribution in [0, 0.1) is 6.92 Å². The Balaban J connectivity index is 2.06. The molecule has 2 rings (SSSR count). The molecule has 1 aliphatic heterocycles. The van der Waals surface area contributed by atoms with E-state index in [0.29, 0.717) is 0 Å². The van der Waals surface area contributed by atoms with Gasteiger partial charge in [-0.3, -0.25) is 0 Å². The fourth-order valence-corrected chi connectivity index (χ4v) is 2.38. The van der Waals surface area contributed by atoms with Crippen LogP contribution in [0.5, 0.6) is 0 Å². The SMILES string of the molecule is Cc1csc(N2CCCNCC2)n1. The lowest BCUT2D eigenvalue weighted by Crippen LogP contribution is -2.27. The van der Waals surface area contributed by atoms with Crippen LogP contribution < -0.4 is 10.2 Å². The Kier molecular flexibility index (Phi) is 2.80. The first-order valence-electron chi connectivity index (χ1n) is 4.74. The third-order valence-electron chi connectivity index (χ3n) is 2.22. The van der Waals surface area contributed by atoms with Gasteiger partial charge in [0, 0.05) is 25.0 Å². The van der Waals surface area contributed by atoms with E-state index in [-0.39, 0.29) is 0 Å². The van der Waals surface area contributed by atoms with Crippen molar-refractivity contribution in [3.05, 3.63) is 11.1 Å². The average Bonchev–Trinajstić information content (AvgIpc) is 2.43. The second kappa shape index (κ2) is 4.07. The summed E-state index contributed by atoms with van der Waals surface area (Å²) < 4.78 is 0. The zero-order chi connectivity index (χ0) is 9.10. The van der Waals surface area contributed by atoms with E-state index < -0.39 is 0 Å². The maximum atomic E-state index is 4.49. The molecule has 4 heteroatoms. The Morgan fingerprint density at radius 1 is 1.46 bits per heavy atom. The van der Waals surface area contributed by atoms with Gasteiger partial charge in [-0.25, -0.2) is 4.98 Å². The van der Waals surface area contributed by atoms with Crippen LogP contribution >= 0.6 is 11.3 Å². The van der Waals surface area contributed by atoms with E-state index in [0.717, 1.165) is 31.9 Å². The van der Waals surface area contributed by atoms with Gasteiger partial charge in [0.15, 0.2) is 5.13 Å². The van der Waals surface area contributed by atoms with Crippen molar-refractivity contribution < 1.29 is 0 Å². The lowest BCUT2D eigenvalue weighted by atomic mass is 10.4. The summed E-state index contributed by atoms with van der Waals surface area (Å²) in [6.45, 7) is 6.50. The number of anilines is 1. The molecule has 0 amide bonds. The van der Waals surface area contributed by atoms with Gasteiger partial charge in [-0.05, 0) is 19.9 Å². The number of hydrogen-bond acceptors (Lipinski definition) is 4. The highest BCUT2D eigenvalue weighted by Gasteiger charge is 2.11. The fraction of sp³-hybridized carbons (Fsp3) is 0.667. The minimum absolute atomic E-state index is 1.08. The van der Waals surface area contributed by atoms with E-state index in [2.05, 4.69) is 27.5 Å². The molecule has 1 saturated heterocycles. The molecule has 0 atom stereocenters. The number of hydrogen-bond donors (Lipinski definition) is 1. The van der Waals surface area contributed by atoms with Gasteiger partial charge in [0.2, 0.25) is 0 Å². The molecule has 1 fully saturated rings. The molecule has 0 aromatic carbocycles. The summed E-state index contributed by atoms with van der Waals surface area (Å²) in [6, 6.07) is 0. The molecular formula is C9H15N3S. The Hall–Kier alpha value is -0.610. The zero-order valence-corrected chi connectivity index (χ0v) is 8.73. The van der Waals surface area contributed by atoms with Crippen molar-refractivity contribution in [1.29, 1.82) is 0 Å². The van der Waals surface area contributed by atoms with Crippen molar-refractivity contribution in [3.63, 3.8) is 0 Å². The summed E-state index contributed by atoms with van der Waals surface area (Å²) >= 11 is 1.75. The first-order chi connectivity index (χ1) is 6.36. The molecule has 72 valence electrons. The number of thiazole rings is 1. The zero-order valence-electron chi connectivity index (χ0n) is 7.92. The molecule has 0 bridgehead atoms. The highest BCUT2D eigenvalue weighted by Crippen LogP contribution is 2.20. The van der Waals surface area contributed by atoms with E-state index in [4.69, 9.17) is 0 Å². The van der Waals surface area contributed by atoms with Crippen LogP contribution in [0.3, 0.4) is 0 Å². The minimum atomic E-state index is 1.08. The van der Waals surface area contributed by atoms with Crippen molar-refractivity contribution in [1.82, 2.24) is 10.3 Å². The van der Waals surface area contributed by atoms with Gasteiger partial charge in [-0.1, -0.05) is 0 Å². The van der Waals surface area contributed by atoms with Crippen LogP contribution in [-0.4, -0.2) is 31.2 Å². The highest BCUT2D eigenvalue weighted by molar-refractivity contribution is 7.13. The van der Waals surface area contributed by atoms with Crippen LogP contribution in [0.25, 0.3) is 0 Å². The van der Waals surface area contributed by atoms with Crippen LogP contribution in [-0.2, 0) is 0 Å². The van der Waals surface area contributed by atoms with E-state index in [1.807, 2.05) is 0 Å². The summed E-state index contributed by atoms with van der Waals surface area (Å²) in [4.78, 5) is 6.87. The molecule has 13 heavy (non-hydrogen) atoms. The summed E-state index contributed by atoms with van der Waals surface area (Å²) in [5, 5.41) is 6.69. The van der Waals surface area contributed by atoms with E-state index in [9.17, 15) is 0 Å². The van der Waals surface area contributed by atoms with Gasteiger partial charge in [0.25, 0.3) is 0 Å². The summed E-state index contributed by atoms with van der Waals surface area (Å²) in [6.07, 6.45) is 1.22. The first-order valence-corrected chi connectivity index (χ1v) is 5.62. The van der Waals surface area contributed by atoms with E-state index in [1.54, 1.807) is 11.3 Å². The van der Waals surface area contributed by atoms with Gasteiger partial charge in [0.1, 0.15) is 0 Å². The van der Waals surface area contributed by atoms with Crippen molar-refractivity contribution in [3.8, 4) is 0 Å². The number of aromatic nitrogens is 1. The second-order valence-electron chi connectivity index (χ2n) is 3.36. The molecular weight excluding hydrogens is 182 g/mol. The molecule has 0 unspecified atom stereocenters. The molecule has 1 aliphatic rings. The monoisotopic (exact) mass is 197 g/mol. The smallest absolute Gasteiger partial charge is 0.185 e. The van der Waals surface area contributed by atoms with Crippen LogP contribution in [0.15, 0.2) is 5.38 Å². The molecule has 3 nitrogen and oxygen atoms in total. The van der Waals surface area contributed by atoms with E-state index in [1.165, 1.54) is 11.6 Å². The number of nitrogens with one attached hydrogen (secondary N) is 1. The van der Waals surface area contributed by atoms with Gasteiger partial charge in [0.05, 0.1) is 5.69 Å². The Labute approximate surface area is 82.8 Å². The Morgan fingerprint density at radius 3 is 3.15 bits per heavy atom. The van der Waals surface area contributed by atoms with Crippen LogP contribution in [0.1, 0.15) is 12.1 Å². The lowest BCUT2D eigenvalue weighted by molar-refractivity contribution is 0.724. The molecule has 0 saturated carbocycles. The minimum Gasteiger partial charge on any atom is -0.347 e. The molecule has 0 spiro atoms. The van der Waals surface area contributed by atoms with Gasteiger partial charge in [-0.2, -0.15) is 0 Å². The third-order valence-corrected chi connectivity index (χ3v) is 3.24. The van der Waals surface area contributed by atoms with Gasteiger partial charge < -0.3 is 10.2 Å². The predicted octanol–water partition coefficient (Wildman–Crippen LogP) is 1.25. The van der Waals surface area contributed by atoms with Gasteiger partial charge in [-0.15, -0.1) is 11.3 Å². The van der Waals surface area contributed by atoms with Crippen molar-refractivity contribution >= 4 is 16.5 Å². The van der Waals surface area contributed by atoms with Crippen molar-refractivity contribution in [2.45, 2.75) is 13.3 Å². The first kappa shape index (κ1) is 8.97. The highest BCUT2D eigenvalue weighted by atomic mass is 32.1. The second-order valence-corrected chi connectivity index (χ2v) is 4.20. The summed E-state index contributed by atoms with van der Waals surface area (Å²) in [7, 11) is 0. The molecule has 0 aliphatic carbocycles. The molecule has 0 radical (unpaired) electrons. The molecule has 1 aromatic heterocycles. The van der Waals surface area contributed by atoms with E-state index >= 15 is 0 Å². The summed E-state index contributed by atoms with van der Waals surface area (Å²) in [5.74, 6) is 0. The fourth-order valence-electron chi connectivity index (χ4n) is 1.52. The maximum absolute atomic E-state index is 4.49. The largest absolute Gasteiger partial charge is 0.347 e. The number of rotatable bonds is 1. The number of aryl methyl sites for hydroxylation is 1. The molecule has 1 N–H and O–H groups in total. The maximum Gasteiger partial charge on any atom is 0.185 e. The Morgan fingerprint density at radius 2 is 2.38 bits per heavy atom. The quantitative estimate of drug-likeness (QED) is 0.734. The molecule has 1 aromatic rings.